The summed E-state index contributed by atoms with van der Waals surface area (Å²) in [5.41, 5.74) is 4.02. The molecule has 0 aliphatic heterocycles. The monoisotopic (exact) mass is 379 g/mol. The maximum Gasteiger partial charge on any atom is 0.274 e. The molecule has 0 radical (unpaired) electrons. The molecule has 0 atom stereocenters. The molecule has 0 saturated heterocycles. The van der Waals surface area contributed by atoms with Crippen molar-refractivity contribution in [1.82, 2.24) is 4.98 Å². The molecule has 0 unspecified atom stereocenters. The number of halogens is 1. The van der Waals surface area contributed by atoms with Crippen LogP contribution in [0.4, 0.5) is 11.4 Å². The normalized spacial score (nSPS) is 10.3. The van der Waals surface area contributed by atoms with Crippen molar-refractivity contribution < 1.29 is 9.59 Å². The van der Waals surface area contributed by atoms with Crippen LogP contribution in [-0.2, 0) is 0 Å². The van der Waals surface area contributed by atoms with Crippen molar-refractivity contribution in [3.05, 3.63) is 88.2 Å². The Bertz CT molecular complexity index is 1000. The van der Waals surface area contributed by atoms with Crippen LogP contribution in [0.15, 0.2) is 60.8 Å². The van der Waals surface area contributed by atoms with Crippen molar-refractivity contribution in [2.45, 2.75) is 13.8 Å². The molecule has 27 heavy (non-hydrogen) atoms. The van der Waals surface area contributed by atoms with Crippen molar-refractivity contribution >= 4 is 34.8 Å². The van der Waals surface area contributed by atoms with Crippen LogP contribution in [0, 0.1) is 13.8 Å². The minimum atomic E-state index is -0.376. The largest absolute Gasteiger partial charge is 0.322 e. The Morgan fingerprint density at radius 2 is 1.48 bits per heavy atom. The summed E-state index contributed by atoms with van der Waals surface area (Å²) in [6, 6.07) is 15.5. The first-order valence-electron chi connectivity index (χ1n) is 8.34. The van der Waals surface area contributed by atoms with Gasteiger partial charge in [-0.25, -0.2) is 0 Å². The first kappa shape index (κ1) is 18.6. The van der Waals surface area contributed by atoms with Gasteiger partial charge in [0, 0.05) is 28.2 Å². The van der Waals surface area contributed by atoms with Crippen molar-refractivity contribution in [2.75, 3.05) is 10.6 Å². The number of anilines is 2. The lowest BCUT2D eigenvalue weighted by Crippen LogP contribution is -2.17. The molecule has 0 aliphatic rings. The summed E-state index contributed by atoms with van der Waals surface area (Å²) >= 11 is 5.84. The number of amides is 2. The van der Waals surface area contributed by atoms with Crippen LogP contribution in [0.25, 0.3) is 0 Å². The smallest absolute Gasteiger partial charge is 0.274 e. The minimum Gasteiger partial charge on any atom is -0.322 e. The lowest BCUT2D eigenvalue weighted by Gasteiger charge is -2.09. The Balaban J connectivity index is 1.73. The first-order valence-corrected chi connectivity index (χ1v) is 8.72. The van der Waals surface area contributed by atoms with E-state index in [1.807, 2.05) is 32.0 Å². The summed E-state index contributed by atoms with van der Waals surface area (Å²) < 4.78 is 0. The van der Waals surface area contributed by atoms with E-state index in [9.17, 15) is 9.59 Å². The highest BCUT2D eigenvalue weighted by Crippen LogP contribution is 2.16. The van der Waals surface area contributed by atoms with E-state index in [1.165, 1.54) is 12.3 Å². The Morgan fingerprint density at radius 1 is 0.815 bits per heavy atom. The van der Waals surface area contributed by atoms with E-state index in [1.54, 1.807) is 30.3 Å². The predicted molar refractivity (Wildman–Crippen MR) is 108 cm³/mol. The molecule has 0 fully saturated rings. The molecule has 6 heteroatoms. The molecule has 2 amide bonds. The average molecular weight is 380 g/mol. The first-order chi connectivity index (χ1) is 12.9. The lowest BCUT2D eigenvalue weighted by atomic mass is 10.1. The van der Waals surface area contributed by atoms with Gasteiger partial charge in [0.15, 0.2) is 0 Å². The van der Waals surface area contributed by atoms with E-state index in [2.05, 4.69) is 15.6 Å². The Morgan fingerprint density at radius 3 is 2.19 bits per heavy atom. The van der Waals surface area contributed by atoms with Gasteiger partial charge in [0.2, 0.25) is 0 Å². The number of hydrogen-bond donors (Lipinski definition) is 2. The molecule has 5 nitrogen and oxygen atoms in total. The van der Waals surface area contributed by atoms with Crippen LogP contribution in [0.2, 0.25) is 5.02 Å². The molecule has 3 rings (SSSR count). The molecular weight excluding hydrogens is 362 g/mol. The maximum atomic E-state index is 12.5. The van der Waals surface area contributed by atoms with E-state index < -0.39 is 0 Å². The second-order valence-electron chi connectivity index (χ2n) is 6.14. The molecule has 0 saturated carbocycles. The van der Waals surface area contributed by atoms with E-state index in [4.69, 9.17) is 11.6 Å². The zero-order valence-electron chi connectivity index (χ0n) is 14.9. The summed E-state index contributed by atoms with van der Waals surface area (Å²) in [5, 5.41) is 6.14. The average Bonchev–Trinajstić information content (AvgIpc) is 2.66. The second-order valence-corrected chi connectivity index (χ2v) is 6.58. The van der Waals surface area contributed by atoms with Gasteiger partial charge in [-0.15, -0.1) is 0 Å². The van der Waals surface area contributed by atoms with Crippen LogP contribution in [0.3, 0.4) is 0 Å². The van der Waals surface area contributed by atoms with Gasteiger partial charge in [0.1, 0.15) is 5.69 Å². The SMILES string of the molecule is Cc1ccc(NC(=O)c2cc(C(=O)Nc3ccc(Cl)cc3)ccn2)cc1C. The summed E-state index contributed by atoms with van der Waals surface area (Å²) in [6.07, 6.45) is 1.44. The van der Waals surface area contributed by atoms with E-state index in [0.717, 1.165) is 11.1 Å². The van der Waals surface area contributed by atoms with Gasteiger partial charge >= 0.3 is 0 Å². The highest BCUT2D eigenvalue weighted by Gasteiger charge is 2.13. The van der Waals surface area contributed by atoms with Crippen LogP contribution in [0.1, 0.15) is 32.0 Å². The molecule has 1 heterocycles. The predicted octanol–water partition coefficient (Wildman–Crippen LogP) is 4.86. The molecule has 0 aliphatic carbocycles. The van der Waals surface area contributed by atoms with Crippen molar-refractivity contribution in [2.24, 2.45) is 0 Å². The molecule has 1 aromatic heterocycles. The summed E-state index contributed by atoms with van der Waals surface area (Å²) in [7, 11) is 0. The van der Waals surface area contributed by atoms with E-state index in [-0.39, 0.29) is 17.5 Å². The maximum absolute atomic E-state index is 12.5. The topological polar surface area (TPSA) is 71.1 Å². The molecule has 3 aromatic rings. The third kappa shape index (κ3) is 4.71. The fraction of sp³-hybridized carbons (Fsp3) is 0.0952. The Labute approximate surface area is 162 Å². The van der Waals surface area contributed by atoms with Crippen LogP contribution >= 0.6 is 11.6 Å². The summed E-state index contributed by atoms with van der Waals surface area (Å²) in [4.78, 5) is 28.9. The number of carbonyl (C=O) groups is 2. The number of pyridine rings is 1. The quantitative estimate of drug-likeness (QED) is 0.680. The highest BCUT2D eigenvalue weighted by atomic mass is 35.5. The minimum absolute atomic E-state index is 0.164. The zero-order chi connectivity index (χ0) is 19.4. The number of nitrogens with one attached hydrogen (secondary N) is 2. The molecule has 0 spiro atoms. The number of aromatic nitrogens is 1. The third-order valence-corrected chi connectivity index (χ3v) is 4.37. The van der Waals surface area contributed by atoms with Gasteiger partial charge in [-0.05, 0) is 73.5 Å². The molecule has 2 N–H and O–H groups in total. The Kier molecular flexibility index (Phi) is 5.52. The van der Waals surface area contributed by atoms with Gasteiger partial charge in [0.05, 0.1) is 0 Å². The number of hydrogen-bond acceptors (Lipinski definition) is 3. The Hall–Kier alpha value is -3.18. The fourth-order valence-corrected chi connectivity index (χ4v) is 2.57. The van der Waals surface area contributed by atoms with Gasteiger partial charge in [0.25, 0.3) is 11.8 Å². The molecular formula is C21H18ClN3O2. The fourth-order valence-electron chi connectivity index (χ4n) is 2.45. The number of benzene rings is 2. The molecule has 136 valence electrons. The van der Waals surface area contributed by atoms with Crippen molar-refractivity contribution in [3.8, 4) is 0 Å². The van der Waals surface area contributed by atoms with Gasteiger partial charge in [-0.2, -0.15) is 0 Å². The van der Waals surface area contributed by atoms with E-state index in [0.29, 0.717) is 22.0 Å². The highest BCUT2D eigenvalue weighted by molar-refractivity contribution is 6.30. The summed E-state index contributed by atoms with van der Waals surface area (Å²) in [6.45, 7) is 3.98. The van der Waals surface area contributed by atoms with Crippen molar-refractivity contribution in [3.63, 3.8) is 0 Å². The van der Waals surface area contributed by atoms with Gasteiger partial charge in [-0.3, -0.25) is 14.6 Å². The van der Waals surface area contributed by atoms with Crippen LogP contribution in [-0.4, -0.2) is 16.8 Å². The second kappa shape index (κ2) is 8.01. The standard InChI is InChI=1S/C21H18ClN3O2/c1-13-3-6-18(11-14(13)2)25-21(27)19-12-15(9-10-23-19)20(26)24-17-7-4-16(22)5-8-17/h3-12H,1-2H3,(H,24,26)(H,25,27). The number of rotatable bonds is 4. The van der Waals surface area contributed by atoms with Crippen LogP contribution < -0.4 is 10.6 Å². The molecule has 2 aromatic carbocycles. The van der Waals surface area contributed by atoms with Crippen LogP contribution in [0.5, 0.6) is 0 Å². The van der Waals surface area contributed by atoms with Gasteiger partial charge in [-0.1, -0.05) is 17.7 Å². The zero-order valence-corrected chi connectivity index (χ0v) is 15.7. The lowest BCUT2D eigenvalue weighted by molar-refractivity contribution is 0.102. The van der Waals surface area contributed by atoms with Gasteiger partial charge < -0.3 is 10.6 Å². The molecule has 0 bridgehead atoms. The number of nitrogens with zero attached hydrogens (tertiary/aromatic N) is 1. The summed E-state index contributed by atoms with van der Waals surface area (Å²) in [5.74, 6) is -0.709. The van der Waals surface area contributed by atoms with Crippen molar-refractivity contribution in [1.29, 1.82) is 0 Å². The number of carbonyl (C=O) groups excluding carboxylic acids is 2. The van der Waals surface area contributed by atoms with E-state index >= 15 is 0 Å². The number of aryl methyl sites for hydroxylation is 2. The third-order valence-electron chi connectivity index (χ3n) is 4.12.